The van der Waals surface area contributed by atoms with Gasteiger partial charge >= 0.3 is 0 Å². The molecule has 0 aliphatic heterocycles. The minimum absolute atomic E-state index is 0.378. The van der Waals surface area contributed by atoms with Crippen LogP contribution >= 0.6 is 0 Å². The summed E-state index contributed by atoms with van der Waals surface area (Å²) in [5.74, 6) is -0.949. The molecule has 1 unspecified atom stereocenters. The van der Waals surface area contributed by atoms with Gasteiger partial charge in [0.25, 0.3) is 0 Å². The number of primary amides is 1. The zero-order chi connectivity index (χ0) is 9.02. The summed E-state index contributed by atoms with van der Waals surface area (Å²) < 4.78 is 0. The van der Waals surface area contributed by atoms with E-state index in [0.29, 0.717) is 0 Å². The topological polar surface area (TPSA) is 98.2 Å². The Labute approximate surface area is 65.1 Å². The van der Waals surface area contributed by atoms with Crippen LogP contribution in [0.5, 0.6) is 0 Å². The number of amides is 2. The molecule has 0 bridgehead atoms. The number of nitrogens with one attached hydrogen (secondary N) is 1. The minimum atomic E-state index is -0.659. The molecule has 0 fully saturated rings. The molecule has 0 aromatic carbocycles. The summed E-state index contributed by atoms with van der Waals surface area (Å²) in [6.07, 6.45) is 0. The van der Waals surface area contributed by atoms with Gasteiger partial charge in [0.1, 0.15) is 6.04 Å². The fraction of sp³-hybridized carbons (Fsp3) is 0.667. The summed E-state index contributed by atoms with van der Waals surface area (Å²) in [5, 5.41) is 2.34. The highest BCUT2D eigenvalue weighted by Crippen LogP contribution is 1.81. The van der Waals surface area contributed by atoms with Crippen molar-refractivity contribution in [2.24, 2.45) is 11.5 Å². The second-order valence-corrected chi connectivity index (χ2v) is 2.42. The Bertz CT molecular complexity index is 167. The molecule has 0 spiro atoms. The van der Waals surface area contributed by atoms with Gasteiger partial charge in [-0.3, -0.25) is 9.59 Å². The van der Waals surface area contributed by atoms with Gasteiger partial charge < -0.3 is 16.8 Å². The number of hydrogen-bond donors (Lipinski definition) is 3. The molecule has 0 rings (SSSR count). The van der Waals surface area contributed by atoms with E-state index in [-0.39, 0.29) is 5.91 Å². The van der Waals surface area contributed by atoms with Crippen molar-refractivity contribution in [1.29, 1.82) is 0 Å². The van der Waals surface area contributed by atoms with Gasteiger partial charge in [0, 0.05) is 0 Å². The molecule has 2 atom stereocenters. The van der Waals surface area contributed by atoms with E-state index in [9.17, 15) is 9.59 Å². The first-order valence-electron chi connectivity index (χ1n) is 3.30. The highest BCUT2D eigenvalue weighted by atomic mass is 16.2. The standard InChI is InChI=1S/C6H13N3O2/c1-3(7)6(11)9-4(2)5(8)10/h3-4H,7H2,1-2H3,(H2,8,10)(H,9,11)/t3?,4-/m0/s1. The average Bonchev–Trinajstić information content (AvgIpc) is 1.87. The van der Waals surface area contributed by atoms with Crippen molar-refractivity contribution in [1.82, 2.24) is 5.32 Å². The Balaban J connectivity index is 3.85. The molecule has 0 aromatic heterocycles. The van der Waals surface area contributed by atoms with E-state index in [2.05, 4.69) is 5.32 Å². The Kier molecular flexibility index (Phi) is 3.53. The van der Waals surface area contributed by atoms with E-state index in [4.69, 9.17) is 11.5 Å². The van der Waals surface area contributed by atoms with Gasteiger partial charge in [-0.1, -0.05) is 0 Å². The van der Waals surface area contributed by atoms with Crippen LogP contribution in [0.25, 0.3) is 0 Å². The normalized spacial score (nSPS) is 15.2. The summed E-state index contributed by atoms with van der Waals surface area (Å²) in [4.78, 5) is 21.2. The highest BCUT2D eigenvalue weighted by molar-refractivity contribution is 5.88. The Hall–Kier alpha value is -1.10. The third-order valence-electron chi connectivity index (χ3n) is 1.20. The van der Waals surface area contributed by atoms with Gasteiger partial charge in [0.05, 0.1) is 6.04 Å². The molecule has 0 heterocycles. The zero-order valence-corrected chi connectivity index (χ0v) is 6.63. The Morgan fingerprint density at radius 3 is 2.09 bits per heavy atom. The molecule has 0 aliphatic rings. The predicted molar refractivity (Wildman–Crippen MR) is 40.4 cm³/mol. The van der Waals surface area contributed by atoms with Crippen molar-refractivity contribution in [2.75, 3.05) is 0 Å². The molecule has 0 saturated heterocycles. The zero-order valence-electron chi connectivity index (χ0n) is 6.63. The van der Waals surface area contributed by atoms with Crippen LogP contribution in [0.4, 0.5) is 0 Å². The maximum Gasteiger partial charge on any atom is 0.239 e. The second kappa shape index (κ2) is 3.92. The number of nitrogens with two attached hydrogens (primary N) is 2. The van der Waals surface area contributed by atoms with Gasteiger partial charge in [-0.25, -0.2) is 0 Å². The number of hydrogen-bond acceptors (Lipinski definition) is 3. The molecule has 0 radical (unpaired) electrons. The first-order chi connectivity index (χ1) is 4.95. The van der Waals surface area contributed by atoms with E-state index in [1.165, 1.54) is 13.8 Å². The highest BCUT2D eigenvalue weighted by Gasteiger charge is 2.14. The number of carbonyl (C=O) groups is 2. The molecule has 0 aliphatic carbocycles. The smallest absolute Gasteiger partial charge is 0.239 e. The summed E-state index contributed by atoms with van der Waals surface area (Å²) in [6, 6.07) is -1.27. The van der Waals surface area contributed by atoms with Crippen LogP contribution in [-0.4, -0.2) is 23.9 Å². The SMILES string of the molecule is CC(N)C(=O)N[C@@H](C)C(N)=O. The fourth-order valence-corrected chi connectivity index (χ4v) is 0.416. The first kappa shape index (κ1) is 9.90. The van der Waals surface area contributed by atoms with E-state index < -0.39 is 18.0 Å². The second-order valence-electron chi connectivity index (χ2n) is 2.42. The minimum Gasteiger partial charge on any atom is -0.368 e. The van der Waals surface area contributed by atoms with E-state index in [1.807, 2.05) is 0 Å². The first-order valence-corrected chi connectivity index (χ1v) is 3.30. The van der Waals surface area contributed by atoms with Crippen LogP contribution in [-0.2, 0) is 9.59 Å². The molecular formula is C6H13N3O2. The Morgan fingerprint density at radius 1 is 1.36 bits per heavy atom. The molecule has 5 heteroatoms. The molecule has 5 N–H and O–H groups in total. The van der Waals surface area contributed by atoms with E-state index in [1.54, 1.807) is 0 Å². The summed E-state index contributed by atoms with van der Waals surface area (Å²) in [7, 11) is 0. The van der Waals surface area contributed by atoms with Crippen molar-refractivity contribution in [3.8, 4) is 0 Å². The van der Waals surface area contributed by atoms with Crippen LogP contribution in [0.15, 0.2) is 0 Å². The lowest BCUT2D eigenvalue weighted by Crippen LogP contribution is -2.47. The molecule has 5 nitrogen and oxygen atoms in total. The molecule has 2 amide bonds. The van der Waals surface area contributed by atoms with Crippen LogP contribution < -0.4 is 16.8 Å². The Morgan fingerprint density at radius 2 is 1.82 bits per heavy atom. The van der Waals surface area contributed by atoms with Crippen LogP contribution in [0, 0.1) is 0 Å². The van der Waals surface area contributed by atoms with Crippen LogP contribution in [0.1, 0.15) is 13.8 Å². The van der Waals surface area contributed by atoms with Crippen molar-refractivity contribution in [3.05, 3.63) is 0 Å². The summed E-state index contributed by atoms with van der Waals surface area (Å²) in [5.41, 5.74) is 10.1. The summed E-state index contributed by atoms with van der Waals surface area (Å²) in [6.45, 7) is 3.03. The van der Waals surface area contributed by atoms with E-state index in [0.717, 1.165) is 0 Å². The maximum atomic E-state index is 10.8. The molecule has 0 saturated carbocycles. The van der Waals surface area contributed by atoms with Gasteiger partial charge in [-0.2, -0.15) is 0 Å². The van der Waals surface area contributed by atoms with Gasteiger partial charge in [0.2, 0.25) is 11.8 Å². The largest absolute Gasteiger partial charge is 0.368 e. The number of rotatable bonds is 3. The average molecular weight is 159 g/mol. The molecule has 11 heavy (non-hydrogen) atoms. The number of carbonyl (C=O) groups excluding carboxylic acids is 2. The van der Waals surface area contributed by atoms with E-state index >= 15 is 0 Å². The molecular weight excluding hydrogens is 146 g/mol. The van der Waals surface area contributed by atoms with Crippen molar-refractivity contribution < 1.29 is 9.59 Å². The predicted octanol–water partition coefficient (Wildman–Crippen LogP) is -1.68. The monoisotopic (exact) mass is 159 g/mol. The van der Waals surface area contributed by atoms with Gasteiger partial charge in [0.15, 0.2) is 0 Å². The third-order valence-corrected chi connectivity index (χ3v) is 1.20. The third kappa shape index (κ3) is 3.57. The lowest BCUT2D eigenvalue weighted by molar-refractivity contribution is -0.127. The fourth-order valence-electron chi connectivity index (χ4n) is 0.416. The summed E-state index contributed by atoms with van der Waals surface area (Å²) >= 11 is 0. The van der Waals surface area contributed by atoms with Crippen LogP contribution in [0.2, 0.25) is 0 Å². The van der Waals surface area contributed by atoms with Gasteiger partial charge in [-0.05, 0) is 13.8 Å². The van der Waals surface area contributed by atoms with Crippen molar-refractivity contribution in [3.63, 3.8) is 0 Å². The quantitative estimate of drug-likeness (QED) is 0.459. The maximum absolute atomic E-state index is 10.8. The van der Waals surface area contributed by atoms with Gasteiger partial charge in [-0.15, -0.1) is 0 Å². The lowest BCUT2D eigenvalue weighted by atomic mass is 10.3. The molecule has 64 valence electrons. The van der Waals surface area contributed by atoms with Crippen molar-refractivity contribution in [2.45, 2.75) is 25.9 Å². The lowest BCUT2D eigenvalue weighted by Gasteiger charge is -2.11. The molecule has 0 aromatic rings. The van der Waals surface area contributed by atoms with Crippen LogP contribution in [0.3, 0.4) is 0 Å². The van der Waals surface area contributed by atoms with Crippen molar-refractivity contribution >= 4 is 11.8 Å².